The molecule has 0 fully saturated rings. The van der Waals surface area contributed by atoms with Crippen LogP contribution in [-0.2, 0) is 13.5 Å². The van der Waals surface area contributed by atoms with Gasteiger partial charge in [0.1, 0.15) is 18.0 Å². The number of rotatable bonds is 5. The first-order valence-corrected chi connectivity index (χ1v) is 5.74. The summed E-state index contributed by atoms with van der Waals surface area (Å²) in [6.45, 7) is 0.485. The lowest BCUT2D eigenvalue weighted by Crippen LogP contribution is -2.26. The van der Waals surface area contributed by atoms with Crippen molar-refractivity contribution in [3.8, 4) is 0 Å². The number of carbonyl (C=O) groups is 1. The van der Waals surface area contributed by atoms with E-state index >= 15 is 0 Å². The number of pyridine rings is 1. The maximum atomic E-state index is 11.9. The van der Waals surface area contributed by atoms with E-state index in [0.29, 0.717) is 24.3 Å². The molecule has 0 saturated heterocycles. The first kappa shape index (κ1) is 13.0. The highest BCUT2D eigenvalue weighted by Gasteiger charge is 2.07. The first-order valence-electron chi connectivity index (χ1n) is 5.74. The van der Waals surface area contributed by atoms with Crippen LogP contribution in [0.4, 0.5) is 5.82 Å². The quantitative estimate of drug-likeness (QED) is 0.493. The van der Waals surface area contributed by atoms with Gasteiger partial charge in [-0.1, -0.05) is 0 Å². The van der Waals surface area contributed by atoms with Crippen molar-refractivity contribution in [3.05, 3.63) is 36.0 Å². The zero-order chi connectivity index (χ0) is 13.7. The number of aryl methyl sites for hydroxylation is 1. The van der Waals surface area contributed by atoms with Crippen LogP contribution in [0.25, 0.3) is 0 Å². The van der Waals surface area contributed by atoms with E-state index in [2.05, 4.69) is 25.9 Å². The highest BCUT2D eigenvalue weighted by atomic mass is 16.1. The molecule has 0 aromatic carbocycles. The number of anilines is 1. The van der Waals surface area contributed by atoms with E-state index in [0.717, 1.165) is 5.82 Å². The maximum Gasteiger partial charge on any atom is 0.251 e. The molecule has 4 N–H and O–H groups in total. The molecule has 8 nitrogen and oxygen atoms in total. The molecule has 0 spiro atoms. The molecule has 0 aliphatic carbocycles. The number of hydrazine groups is 1. The summed E-state index contributed by atoms with van der Waals surface area (Å²) in [7, 11) is 1.86. The Labute approximate surface area is 110 Å². The van der Waals surface area contributed by atoms with Crippen LogP contribution in [0.1, 0.15) is 16.2 Å². The lowest BCUT2D eigenvalue weighted by Gasteiger charge is -2.06. The Morgan fingerprint density at radius 3 is 3.05 bits per heavy atom. The second kappa shape index (κ2) is 5.91. The van der Waals surface area contributed by atoms with Crippen LogP contribution in [0.2, 0.25) is 0 Å². The van der Waals surface area contributed by atoms with E-state index in [9.17, 15) is 4.79 Å². The molecule has 2 aromatic rings. The summed E-state index contributed by atoms with van der Waals surface area (Å²) < 4.78 is 1.81. The Bertz CT molecular complexity index is 566. The zero-order valence-electron chi connectivity index (χ0n) is 10.5. The van der Waals surface area contributed by atoms with Crippen LogP contribution in [0, 0.1) is 0 Å². The highest BCUT2D eigenvalue weighted by molar-refractivity contribution is 5.94. The molecule has 19 heavy (non-hydrogen) atoms. The fourth-order valence-electron chi connectivity index (χ4n) is 1.57. The average molecular weight is 261 g/mol. The fourth-order valence-corrected chi connectivity index (χ4v) is 1.57. The molecule has 0 atom stereocenters. The van der Waals surface area contributed by atoms with Crippen molar-refractivity contribution in [2.24, 2.45) is 12.9 Å². The Balaban J connectivity index is 1.89. The second-order valence-electron chi connectivity index (χ2n) is 3.94. The van der Waals surface area contributed by atoms with Crippen molar-refractivity contribution in [3.63, 3.8) is 0 Å². The summed E-state index contributed by atoms with van der Waals surface area (Å²) in [6, 6.07) is 3.20. The van der Waals surface area contributed by atoms with Gasteiger partial charge in [0.25, 0.3) is 5.91 Å². The molecular formula is C11H15N7O. The lowest BCUT2D eigenvalue weighted by atomic mass is 10.2. The van der Waals surface area contributed by atoms with Crippen LogP contribution in [0.15, 0.2) is 24.7 Å². The van der Waals surface area contributed by atoms with Crippen LogP contribution < -0.4 is 16.6 Å². The number of aromatic nitrogens is 4. The van der Waals surface area contributed by atoms with Crippen molar-refractivity contribution in [2.75, 3.05) is 12.0 Å². The molecule has 0 aliphatic heterocycles. The molecule has 2 rings (SSSR count). The fraction of sp³-hybridized carbons (Fsp3) is 0.273. The summed E-state index contributed by atoms with van der Waals surface area (Å²) in [6.07, 6.45) is 3.77. The summed E-state index contributed by atoms with van der Waals surface area (Å²) in [5, 5.41) is 10.5. The molecule has 2 aromatic heterocycles. The average Bonchev–Trinajstić information content (AvgIpc) is 2.84. The summed E-state index contributed by atoms with van der Waals surface area (Å²) in [5.74, 6) is 6.32. The van der Waals surface area contributed by atoms with Gasteiger partial charge in [-0.05, 0) is 12.1 Å². The summed E-state index contributed by atoms with van der Waals surface area (Å²) in [5.41, 5.74) is 2.90. The SMILES string of the molecule is Cn1cnnc1CCNC(=O)c1ccnc(NN)c1. The van der Waals surface area contributed by atoms with Gasteiger partial charge in [0, 0.05) is 31.8 Å². The van der Waals surface area contributed by atoms with Crippen molar-refractivity contribution >= 4 is 11.7 Å². The minimum atomic E-state index is -0.180. The van der Waals surface area contributed by atoms with E-state index in [1.54, 1.807) is 18.5 Å². The largest absolute Gasteiger partial charge is 0.352 e. The van der Waals surface area contributed by atoms with E-state index in [-0.39, 0.29) is 5.91 Å². The second-order valence-corrected chi connectivity index (χ2v) is 3.94. The number of nitrogens with two attached hydrogens (primary N) is 1. The normalized spacial score (nSPS) is 10.2. The van der Waals surface area contributed by atoms with Crippen molar-refractivity contribution in [1.29, 1.82) is 0 Å². The number of carbonyl (C=O) groups excluding carboxylic acids is 1. The maximum absolute atomic E-state index is 11.9. The van der Waals surface area contributed by atoms with Crippen molar-refractivity contribution in [1.82, 2.24) is 25.1 Å². The van der Waals surface area contributed by atoms with Gasteiger partial charge in [0.05, 0.1) is 0 Å². The molecule has 0 saturated carbocycles. The topological polar surface area (TPSA) is 111 Å². The Hall–Kier alpha value is -2.48. The summed E-state index contributed by atoms with van der Waals surface area (Å²) in [4.78, 5) is 15.8. The van der Waals surface area contributed by atoms with E-state index < -0.39 is 0 Å². The van der Waals surface area contributed by atoms with Gasteiger partial charge in [-0.15, -0.1) is 10.2 Å². The van der Waals surface area contributed by atoms with E-state index in [1.165, 1.54) is 6.20 Å². The Morgan fingerprint density at radius 2 is 2.37 bits per heavy atom. The molecule has 0 aliphatic rings. The molecule has 0 radical (unpaired) electrons. The van der Waals surface area contributed by atoms with Gasteiger partial charge in [-0.25, -0.2) is 10.8 Å². The molecule has 2 heterocycles. The minimum Gasteiger partial charge on any atom is -0.352 e. The molecule has 100 valence electrons. The number of hydrogen-bond donors (Lipinski definition) is 3. The number of nitrogen functional groups attached to an aromatic ring is 1. The third-order valence-corrected chi connectivity index (χ3v) is 2.61. The van der Waals surface area contributed by atoms with Crippen LogP contribution in [0.3, 0.4) is 0 Å². The smallest absolute Gasteiger partial charge is 0.251 e. The number of hydrogen-bond acceptors (Lipinski definition) is 6. The molecule has 1 amide bonds. The predicted molar refractivity (Wildman–Crippen MR) is 69.1 cm³/mol. The Kier molecular flexibility index (Phi) is 4.04. The Morgan fingerprint density at radius 1 is 1.53 bits per heavy atom. The van der Waals surface area contributed by atoms with Gasteiger partial charge in [-0.2, -0.15) is 0 Å². The first-order chi connectivity index (χ1) is 9.20. The molecular weight excluding hydrogens is 246 g/mol. The predicted octanol–water partition coefficient (Wildman–Crippen LogP) is -0.532. The molecule has 0 unspecified atom stereocenters. The third kappa shape index (κ3) is 3.26. The van der Waals surface area contributed by atoms with Crippen molar-refractivity contribution in [2.45, 2.75) is 6.42 Å². The van der Waals surface area contributed by atoms with Gasteiger partial charge < -0.3 is 15.3 Å². The van der Waals surface area contributed by atoms with Crippen molar-refractivity contribution < 1.29 is 4.79 Å². The van der Waals surface area contributed by atoms with Gasteiger partial charge in [0.15, 0.2) is 0 Å². The standard InChI is InChI=1S/C11H15N7O/c1-18-7-15-17-10(18)3-5-14-11(19)8-2-4-13-9(6-8)16-12/h2,4,6-7H,3,5,12H2,1H3,(H,13,16)(H,14,19). The third-order valence-electron chi connectivity index (χ3n) is 2.61. The monoisotopic (exact) mass is 261 g/mol. The number of nitrogens with zero attached hydrogens (tertiary/aromatic N) is 4. The zero-order valence-corrected chi connectivity index (χ0v) is 10.5. The van der Waals surface area contributed by atoms with Crippen LogP contribution in [-0.4, -0.2) is 32.2 Å². The minimum absolute atomic E-state index is 0.180. The molecule has 8 heteroatoms. The number of amides is 1. The van der Waals surface area contributed by atoms with E-state index in [1.807, 2.05) is 11.6 Å². The van der Waals surface area contributed by atoms with Gasteiger partial charge >= 0.3 is 0 Å². The number of nitrogens with one attached hydrogen (secondary N) is 2. The highest BCUT2D eigenvalue weighted by Crippen LogP contribution is 2.05. The van der Waals surface area contributed by atoms with Crippen LogP contribution in [0.5, 0.6) is 0 Å². The molecule has 0 bridgehead atoms. The van der Waals surface area contributed by atoms with Gasteiger partial charge in [0.2, 0.25) is 0 Å². The van der Waals surface area contributed by atoms with Gasteiger partial charge in [-0.3, -0.25) is 4.79 Å². The lowest BCUT2D eigenvalue weighted by molar-refractivity contribution is 0.0954. The van der Waals surface area contributed by atoms with E-state index in [4.69, 9.17) is 5.84 Å². The van der Waals surface area contributed by atoms with Crippen LogP contribution >= 0.6 is 0 Å². The summed E-state index contributed by atoms with van der Waals surface area (Å²) >= 11 is 0.